The van der Waals surface area contributed by atoms with Crippen molar-refractivity contribution in [2.24, 2.45) is 5.73 Å². The van der Waals surface area contributed by atoms with Gasteiger partial charge in [-0.05, 0) is 54.4 Å². The van der Waals surface area contributed by atoms with Gasteiger partial charge in [-0.2, -0.15) is 5.26 Å². The van der Waals surface area contributed by atoms with E-state index in [1.807, 2.05) is 85.8 Å². The van der Waals surface area contributed by atoms with Crippen LogP contribution in [0, 0.1) is 11.3 Å². The molecule has 0 bridgehead atoms. The third kappa shape index (κ3) is 4.42. The number of nitrogens with zero attached hydrogens (tertiary/aromatic N) is 2. The smallest absolute Gasteiger partial charge is 0.244 e. The van der Waals surface area contributed by atoms with E-state index in [1.54, 1.807) is 0 Å². The van der Waals surface area contributed by atoms with E-state index in [0.29, 0.717) is 24.7 Å². The highest BCUT2D eigenvalue weighted by atomic mass is 16.5. The zero-order valence-electron chi connectivity index (χ0n) is 19.2. The monoisotopic (exact) mass is 464 g/mol. The normalized spacial score (nSPS) is 14.6. The number of hydrogen-bond donors (Lipinski definition) is 2. The Hall–Kier alpha value is -4.70. The standard InChI is InChI=1S/C28H24N4O3/c1-2-33-21-14-10-20(11-15-21)26-25-24(23(16-29)27(30)35-28(25)32-31-26)19-8-12-22(13-9-19)34-17-18-6-4-3-5-7-18/h3-15,24H,2,17,30H2,1H3,(H,31,32)/t24-/m1/s1. The molecule has 7 nitrogen and oxygen atoms in total. The van der Waals surface area contributed by atoms with Crippen LogP contribution in [0.15, 0.2) is 90.3 Å². The molecule has 0 spiro atoms. The van der Waals surface area contributed by atoms with Crippen molar-refractivity contribution in [1.29, 1.82) is 5.26 Å². The van der Waals surface area contributed by atoms with Gasteiger partial charge in [0, 0.05) is 5.56 Å². The number of aromatic amines is 1. The summed E-state index contributed by atoms with van der Waals surface area (Å²) in [6.45, 7) is 3.01. The maximum absolute atomic E-state index is 9.94. The van der Waals surface area contributed by atoms with E-state index in [9.17, 15) is 5.26 Å². The van der Waals surface area contributed by atoms with Crippen LogP contribution in [0.2, 0.25) is 0 Å². The number of nitriles is 1. The molecule has 5 rings (SSSR count). The minimum absolute atomic E-state index is 0.0548. The molecule has 0 radical (unpaired) electrons. The molecular formula is C28H24N4O3. The SMILES string of the molecule is CCOc1ccc(-c2[nH]nc3c2[C@H](c2ccc(OCc4ccccc4)cc2)C(C#N)=C(N)O3)cc1. The third-order valence-corrected chi connectivity index (χ3v) is 5.85. The van der Waals surface area contributed by atoms with E-state index in [1.165, 1.54) is 0 Å². The van der Waals surface area contributed by atoms with Crippen molar-refractivity contribution in [3.8, 4) is 34.7 Å². The highest BCUT2D eigenvalue weighted by molar-refractivity contribution is 5.71. The quantitative estimate of drug-likeness (QED) is 0.386. The molecule has 0 saturated heterocycles. The van der Waals surface area contributed by atoms with E-state index in [2.05, 4.69) is 16.3 Å². The largest absolute Gasteiger partial charge is 0.494 e. The Labute approximate surface area is 203 Å². The second kappa shape index (κ2) is 9.65. The topological polar surface area (TPSA) is 106 Å². The average Bonchev–Trinajstić information content (AvgIpc) is 3.31. The molecule has 0 unspecified atom stereocenters. The highest BCUT2D eigenvalue weighted by Gasteiger charge is 2.35. The molecule has 4 aromatic rings. The summed E-state index contributed by atoms with van der Waals surface area (Å²) in [5, 5.41) is 17.3. The van der Waals surface area contributed by atoms with E-state index in [0.717, 1.165) is 39.4 Å². The zero-order chi connectivity index (χ0) is 24.2. The Morgan fingerprint density at radius 3 is 2.34 bits per heavy atom. The maximum atomic E-state index is 9.94. The van der Waals surface area contributed by atoms with Gasteiger partial charge in [-0.25, -0.2) is 0 Å². The van der Waals surface area contributed by atoms with Crippen LogP contribution in [-0.4, -0.2) is 16.8 Å². The Balaban J connectivity index is 1.48. The number of nitrogens with one attached hydrogen (secondary N) is 1. The second-order valence-electron chi connectivity index (χ2n) is 8.04. The first-order valence-electron chi connectivity index (χ1n) is 11.3. The van der Waals surface area contributed by atoms with Crippen molar-refractivity contribution >= 4 is 0 Å². The first-order chi connectivity index (χ1) is 17.2. The lowest BCUT2D eigenvalue weighted by Gasteiger charge is -2.24. The van der Waals surface area contributed by atoms with Crippen LogP contribution in [0.3, 0.4) is 0 Å². The molecule has 3 N–H and O–H groups in total. The van der Waals surface area contributed by atoms with Gasteiger partial charge in [0.15, 0.2) is 0 Å². The van der Waals surface area contributed by atoms with Gasteiger partial charge >= 0.3 is 0 Å². The Kier molecular flexibility index (Phi) is 6.10. The summed E-state index contributed by atoms with van der Waals surface area (Å²) >= 11 is 0. The lowest BCUT2D eigenvalue weighted by atomic mass is 9.83. The fraction of sp³-hybridized carbons (Fsp3) is 0.143. The van der Waals surface area contributed by atoms with E-state index < -0.39 is 5.92 Å². The lowest BCUT2D eigenvalue weighted by molar-refractivity contribution is 0.306. The van der Waals surface area contributed by atoms with Crippen LogP contribution in [0.25, 0.3) is 11.3 Å². The third-order valence-electron chi connectivity index (χ3n) is 5.85. The van der Waals surface area contributed by atoms with Gasteiger partial charge in [0.1, 0.15) is 29.7 Å². The summed E-state index contributed by atoms with van der Waals surface area (Å²) in [7, 11) is 0. The molecular weight excluding hydrogens is 440 g/mol. The van der Waals surface area contributed by atoms with Crippen LogP contribution in [0.1, 0.15) is 29.5 Å². The molecule has 7 heteroatoms. The Morgan fingerprint density at radius 2 is 1.66 bits per heavy atom. The molecule has 1 aromatic heterocycles. The predicted molar refractivity (Wildman–Crippen MR) is 132 cm³/mol. The molecule has 1 aliphatic rings. The summed E-state index contributed by atoms with van der Waals surface area (Å²) in [6.07, 6.45) is 0. The fourth-order valence-corrected chi connectivity index (χ4v) is 4.18. The van der Waals surface area contributed by atoms with E-state index in [4.69, 9.17) is 19.9 Å². The number of hydrogen-bond acceptors (Lipinski definition) is 6. The molecule has 35 heavy (non-hydrogen) atoms. The number of nitrogens with two attached hydrogens (primary N) is 1. The highest BCUT2D eigenvalue weighted by Crippen LogP contribution is 2.46. The summed E-state index contributed by atoms with van der Waals surface area (Å²) in [5.41, 5.74) is 10.8. The van der Waals surface area contributed by atoms with Crippen LogP contribution >= 0.6 is 0 Å². The van der Waals surface area contributed by atoms with Crippen LogP contribution in [0.5, 0.6) is 17.4 Å². The van der Waals surface area contributed by atoms with Gasteiger partial charge in [-0.1, -0.05) is 42.5 Å². The predicted octanol–water partition coefficient (Wildman–Crippen LogP) is 5.27. The number of ether oxygens (including phenoxy) is 3. The van der Waals surface area contributed by atoms with Gasteiger partial charge in [-0.3, -0.25) is 5.10 Å². The van der Waals surface area contributed by atoms with Crippen molar-refractivity contribution in [2.45, 2.75) is 19.4 Å². The van der Waals surface area contributed by atoms with Gasteiger partial charge in [0.05, 0.1) is 23.8 Å². The molecule has 0 aliphatic carbocycles. The van der Waals surface area contributed by atoms with Crippen LogP contribution in [0.4, 0.5) is 0 Å². The van der Waals surface area contributed by atoms with Gasteiger partial charge in [-0.15, -0.1) is 5.10 Å². The molecule has 2 heterocycles. The van der Waals surface area contributed by atoms with Gasteiger partial charge in [0.25, 0.3) is 0 Å². The molecule has 1 aliphatic heterocycles. The van der Waals surface area contributed by atoms with E-state index in [-0.39, 0.29) is 5.88 Å². The van der Waals surface area contributed by atoms with Crippen molar-refractivity contribution in [3.05, 3.63) is 107 Å². The van der Waals surface area contributed by atoms with Gasteiger partial charge in [0.2, 0.25) is 11.8 Å². The molecule has 3 aromatic carbocycles. The number of allylic oxidation sites excluding steroid dienone is 1. The number of H-pyrrole nitrogens is 1. The van der Waals surface area contributed by atoms with Crippen molar-refractivity contribution in [1.82, 2.24) is 10.2 Å². The fourth-order valence-electron chi connectivity index (χ4n) is 4.18. The van der Waals surface area contributed by atoms with E-state index >= 15 is 0 Å². The van der Waals surface area contributed by atoms with Crippen molar-refractivity contribution in [3.63, 3.8) is 0 Å². The summed E-state index contributed by atoms with van der Waals surface area (Å²) in [5.74, 6) is 1.50. The minimum atomic E-state index is -0.438. The number of benzene rings is 3. The molecule has 0 amide bonds. The first-order valence-corrected chi connectivity index (χ1v) is 11.3. The Bertz CT molecular complexity index is 1390. The van der Waals surface area contributed by atoms with Crippen LogP contribution in [-0.2, 0) is 6.61 Å². The van der Waals surface area contributed by atoms with Crippen LogP contribution < -0.4 is 19.9 Å². The lowest BCUT2D eigenvalue weighted by Crippen LogP contribution is -2.21. The average molecular weight is 465 g/mol. The number of fused-ring (bicyclic) bond motifs is 1. The molecule has 0 fully saturated rings. The summed E-state index contributed by atoms with van der Waals surface area (Å²) in [6, 6.07) is 27.6. The summed E-state index contributed by atoms with van der Waals surface area (Å²) in [4.78, 5) is 0. The minimum Gasteiger partial charge on any atom is -0.494 e. The molecule has 1 atom stereocenters. The Morgan fingerprint density at radius 1 is 0.971 bits per heavy atom. The molecule has 0 saturated carbocycles. The molecule has 174 valence electrons. The zero-order valence-corrected chi connectivity index (χ0v) is 19.2. The summed E-state index contributed by atoms with van der Waals surface area (Å²) < 4.78 is 17.2. The van der Waals surface area contributed by atoms with Crippen molar-refractivity contribution in [2.75, 3.05) is 6.61 Å². The number of rotatable bonds is 7. The first kappa shape index (κ1) is 22.1. The maximum Gasteiger partial charge on any atom is 0.244 e. The van der Waals surface area contributed by atoms with Gasteiger partial charge < -0.3 is 19.9 Å². The number of aromatic nitrogens is 2. The van der Waals surface area contributed by atoms with Crippen molar-refractivity contribution < 1.29 is 14.2 Å². The second-order valence-corrected chi connectivity index (χ2v) is 8.04.